The molecule has 2 aromatic heterocycles. The zero-order chi connectivity index (χ0) is 15.4. The van der Waals surface area contributed by atoms with Gasteiger partial charge in [0.25, 0.3) is 0 Å². The van der Waals surface area contributed by atoms with E-state index in [1.165, 1.54) is 0 Å². The van der Waals surface area contributed by atoms with Crippen LogP contribution >= 0.6 is 0 Å². The molecule has 0 spiro atoms. The average molecular weight is 292 g/mol. The van der Waals surface area contributed by atoms with Crippen LogP contribution in [-0.4, -0.2) is 20.7 Å². The molecule has 0 radical (unpaired) electrons. The quantitative estimate of drug-likeness (QED) is 0.804. The van der Waals surface area contributed by atoms with E-state index >= 15 is 0 Å². The second kappa shape index (κ2) is 6.22. The standard InChI is InChI=1S/C17H16N4O/c1-13-7-8-18-16(9-13)20-17(22)10-14-11-19-21(12-14)15-5-3-2-4-6-15/h2-9,11-12H,10H2,1H3,(H,18,20,22). The molecule has 0 unspecified atom stereocenters. The SMILES string of the molecule is Cc1ccnc(NC(=O)Cc2cnn(-c3ccccc3)c2)c1. The largest absolute Gasteiger partial charge is 0.310 e. The number of pyridine rings is 1. The Bertz CT molecular complexity index is 780. The Labute approximate surface area is 128 Å². The van der Waals surface area contributed by atoms with Gasteiger partial charge < -0.3 is 5.32 Å². The van der Waals surface area contributed by atoms with Gasteiger partial charge in [0.2, 0.25) is 5.91 Å². The lowest BCUT2D eigenvalue weighted by Crippen LogP contribution is -2.15. The van der Waals surface area contributed by atoms with Crippen LogP contribution in [0.25, 0.3) is 5.69 Å². The van der Waals surface area contributed by atoms with Crippen LogP contribution in [0.15, 0.2) is 61.1 Å². The molecule has 0 saturated carbocycles. The minimum Gasteiger partial charge on any atom is -0.310 e. The Hall–Kier alpha value is -2.95. The second-order valence-electron chi connectivity index (χ2n) is 5.07. The van der Waals surface area contributed by atoms with Crippen molar-refractivity contribution in [3.05, 3.63) is 72.2 Å². The van der Waals surface area contributed by atoms with Gasteiger partial charge in [0.05, 0.1) is 18.3 Å². The van der Waals surface area contributed by atoms with E-state index < -0.39 is 0 Å². The second-order valence-corrected chi connectivity index (χ2v) is 5.07. The summed E-state index contributed by atoms with van der Waals surface area (Å²) in [6.45, 7) is 1.96. The first-order valence-electron chi connectivity index (χ1n) is 7.02. The van der Waals surface area contributed by atoms with Crippen LogP contribution in [0.3, 0.4) is 0 Å². The van der Waals surface area contributed by atoms with E-state index in [2.05, 4.69) is 15.4 Å². The number of carbonyl (C=O) groups excluding carboxylic acids is 1. The van der Waals surface area contributed by atoms with E-state index in [1.54, 1.807) is 17.1 Å². The maximum absolute atomic E-state index is 12.1. The summed E-state index contributed by atoms with van der Waals surface area (Å²) in [5.41, 5.74) is 2.88. The molecule has 0 aliphatic heterocycles. The highest BCUT2D eigenvalue weighted by atomic mass is 16.1. The predicted molar refractivity (Wildman–Crippen MR) is 84.9 cm³/mol. The summed E-state index contributed by atoms with van der Waals surface area (Å²) in [5, 5.41) is 7.07. The number of nitrogens with one attached hydrogen (secondary N) is 1. The van der Waals surface area contributed by atoms with Crippen molar-refractivity contribution in [2.75, 3.05) is 5.32 Å². The van der Waals surface area contributed by atoms with Gasteiger partial charge in [-0.2, -0.15) is 5.10 Å². The van der Waals surface area contributed by atoms with E-state index in [4.69, 9.17) is 0 Å². The molecule has 0 saturated heterocycles. The topological polar surface area (TPSA) is 59.8 Å². The van der Waals surface area contributed by atoms with Gasteiger partial charge in [0.15, 0.2) is 0 Å². The fraction of sp³-hybridized carbons (Fsp3) is 0.118. The van der Waals surface area contributed by atoms with Crippen LogP contribution in [0, 0.1) is 6.92 Å². The van der Waals surface area contributed by atoms with Crippen molar-refractivity contribution in [1.29, 1.82) is 0 Å². The molecule has 0 atom stereocenters. The fourth-order valence-electron chi connectivity index (χ4n) is 2.15. The minimum atomic E-state index is -0.106. The van der Waals surface area contributed by atoms with E-state index in [1.807, 2.05) is 55.6 Å². The van der Waals surface area contributed by atoms with Crippen LogP contribution in [0.1, 0.15) is 11.1 Å². The van der Waals surface area contributed by atoms with Crippen LogP contribution in [0.4, 0.5) is 5.82 Å². The number of hydrogen-bond acceptors (Lipinski definition) is 3. The van der Waals surface area contributed by atoms with Crippen LogP contribution < -0.4 is 5.32 Å². The third-order valence-electron chi connectivity index (χ3n) is 3.20. The molecule has 1 N–H and O–H groups in total. The number of amides is 1. The van der Waals surface area contributed by atoms with Crippen molar-refractivity contribution in [3.8, 4) is 5.69 Å². The number of rotatable bonds is 4. The summed E-state index contributed by atoms with van der Waals surface area (Å²) in [7, 11) is 0. The molecular weight excluding hydrogens is 276 g/mol. The van der Waals surface area contributed by atoms with Gasteiger partial charge in [0.1, 0.15) is 5.82 Å². The summed E-state index contributed by atoms with van der Waals surface area (Å²) >= 11 is 0. The van der Waals surface area contributed by atoms with Gasteiger partial charge >= 0.3 is 0 Å². The maximum Gasteiger partial charge on any atom is 0.230 e. The lowest BCUT2D eigenvalue weighted by molar-refractivity contribution is -0.115. The van der Waals surface area contributed by atoms with Crippen LogP contribution in [0.2, 0.25) is 0 Å². The summed E-state index contributed by atoms with van der Waals surface area (Å²) < 4.78 is 1.76. The first kappa shape index (κ1) is 14.0. The summed E-state index contributed by atoms with van der Waals surface area (Å²) in [6, 6.07) is 13.5. The highest BCUT2D eigenvalue weighted by molar-refractivity contribution is 5.91. The zero-order valence-corrected chi connectivity index (χ0v) is 12.2. The lowest BCUT2D eigenvalue weighted by Gasteiger charge is -2.03. The smallest absolute Gasteiger partial charge is 0.230 e. The summed E-state index contributed by atoms with van der Waals surface area (Å²) in [5.74, 6) is 0.464. The molecule has 1 aromatic carbocycles. The Kier molecular flexibility index (Phi) is 3.96. The lowest BCUT2D eigenvalue weighted by atomic mass is 10.2. The van der Waals surface area contributed by atoms with Gasteiger partial charge in [-0.1, -0.05) is 18.2 Å². The zero-order valence-electron chi connectivity index (χ0n) is 12.2. The molecule has 2 heterocycles. The van der Waals surface area contributed by atoms with Crippen molar-refractivity contribution in [2.24, 2.45) is 0 Å². The van der Waals surface area contributed by atoms with Gasteiger partial charge in [-0.25, -0.2) is 9.67 Å². The van der Waals surface area contributed by atoms with E-state index in [0.29, 0.717) is 5.82 Å². The first-order chi connectivity index (χ1) is 10.7. The molecule has 22 heavy (non-hydrogen) atoms. The van der Waals surface area contributed by atoms with Crippen molar-refractivity contribution < 1.29 is 4.79 Å². The predicted octanol–water partition coefficient (Wildman–Crippen LogP) is 2.76. The number of hydrogen-bond donors (Lipinski definition) is 1. The minimum absolute atomic E-state index is 0.106. The van der Waals surface area contributed by atoms with Crippen molar-refractivity contribution in [2.45, 2.75) is 13.3 Å². The number of carbonyl (C=O) groups is 1. The fourth-order valence-corrected chi connectivity index (χ4v) is 2.15. The number of aryl methyl sites for hydroxylation is 1. The number of benzene rings is 1. The van der Waals surface area contributed by atoms with Crippen LogP contribution in [0.5, 0.6) is 0 Å². The van der Waals surface area contributed by atoms with E-state index in [9.17, 15) is 4.79 Å². The molecule has 5 heteroatoms. The monoisotopic (exact) mass is 292 g/mol. The van der Waals surface area contributed by atoms with Crippen molar-refractivity contribution in [3.63, 3.8) is 0 Å². The first-order valence-corrected chi connectivity index (χ1v) is 7.02. The third kappa shape index (κ3) is 3.38. The Morgan fingerprint density at radius 3 is 2.82 bits per heavy atom. The molecule has 3 rings (SSSR count). The molecule has 0 bridgehead atoms. The molecule has 0 aliphatic rings. The van der Waals surface area contributed by atoms with Crippen molar-refractivity contribution >= 4 is 11.7 Å². The number of anilines is 1. The Balaban J connectivity index is 1.66. The average Bonchev–Trinajstić information content (AvgIpc) is 2.96. The molecule has 3 aromatic rings. The van der Waals surface area contributed by atoms with Gasteiger partial charge in [-0.15, -0.1) is 0 Å². The summed E-state index contributed by atoms with van der Waals surface area (Å²) in [6.07, 6.45) is 5.51. The highest BCUT2D eigenvalue weighted by Gasteiger charge is 2.08. The summed E-state index contributed by atoms with van der Waals surface area (Å²) in [4.78, 5) is 16.2. The Morgan fingerprint density at radius 1 is 1.23 bits per heavy atom. The van der Waals surface area contributed by atoms with Gasteiger partial charge in [-0.05, 0) is 42.3 Å². The molecule has 0 fully saturated rings. The number of nitrogens with zero attached hydrogens (tertiary/aromatic N) is 3. The molecule has 110 valence electrons. The van der Waals surface area contributed by atoms with Crippen molar-refractivity contribution in [1.82, 2.24) is 14.8 Å². The highest BCUT2D eigenvalue weighted by Crippen LogP contribution is 2.10. The third-order valence-corrected chi connectivity index (χ3v) is 3.20. The van der Waals surface area contributed by atoms with E-state index in [-0.39, 0.29) is 12.3 Å². The Morgan fingerprint density at radius 2 is 2.05 bits per heavy atom. The molecule has 1 amide bonds. The van der Waals surface area contributed by atoms with E-state index in [0.717, 1.165) is 16.8 Å². The molecular formula is C17H16N4O. The molecule has 0 aliphatic carbocycles. The molecule has 5 nitrogen and oxygen atoms in total. The van der Waals surface area contributed by atoms with Gasteiger partial charge in [-0.3, -0.25) is 4.79 Å². The number of aromatic nitrogens is 3. The van der Waals surface area contributed by atoms with Crippen LogP contribution in [-0.2, 0) is 11.2 Å². The van der Waals surface area contributed by atoms with Gasteiger partial charge in [0, 0.05) is 12.4 Å². The normalized spacial score (nSPS) is 10.4. The number of para-hydroxylation sites is 1. The maximum atomic E-state index is 12.1.